The number of allylic oxidation sites excluding steroid dienone is 4. The minimum atomic E-state index is -0.294. The first-order chi connectivity index (χ1) is 9.13. The van der Waals surface area contributed by atoms with Gasteiger partial charge in [0, 0.05) is 5.57 Å². The molecule has 0 bridgehead atoms. The smallest absolute Gasteiger partial charge is 0.196 e. The van der Waals surface area contributed by atoms with Crippen LogP contribution in [-0.4, -0.2) is 18.7 Å². The maximum atomic E-state index is 11.9. The monoisotopic (exact) mass is 254 g/mol. The van der Waals surface area contributed by atoms with Crippen molar-refractivity contribution < 1.29 is 14.3 Å². The van der Waals surface area contributed by atoms with Gasteiger partial charge in [0.05, 0.1) is 7.11 Å². The highest BCUT2D eigenvalue weighted by Gasteiger charge is 2.28. The first-order valence-electron chi connectivity index (χ1n) is 5.92. The summed E-state index contributed by atoms with van der Waals surface area (Å²) in [5.41, 5.74) is 1.52. The molecule has 0 radical (unpaired) electrons. The van der Waals surface area contributed by atoms with Gasteiger partial charge < -0.3 is 4.74 Å². The van der Waals surface area contributed by atoms with E-state index in [1.165, 1.54) is 13.2 Å². The molecule has 2 rings (SSSR count). The molecular formula is C16H14O3. The highest BCUT2D eigenvalue weighted by molar-refractivity contribution is 6.36. The summed E-state index contributed by atoms with van der Waals surface area (Å²) < 4.78 is 5.16. The Morgan fingerprint density at radius 2 is 1.84 bits per heavy atom. The van der Waals surface area contributed by atoms with E-state index in [2.05, 4.69) is 0 Å². The molecule has 0 fully saturated rings. The van der Waals surface area contributed by atoms with Crippen LogP contribution >= 0.6 is 0 Å². The van der Waals surface area contributed by atoms with Crippen molar-refractivity contribution in [3.63, 3.8) is 0 Å². The number of Topliss-reactive ketones (excluding diaryl/α,β-unsaturated/α-hetero) is 1. The van der Waals surface area contributed by atoms with Gasteiger partial charge >= 0.3 is 0 Å². The van der Waals surface area contributed by atoms with Gasteiger partial charge in [0.25, 0.3) is 0 Å². The Morgan fingerprint density at radius 1 is 1.16 bits per heavy atom. The molecule has 1 aromatic rings. The predicted molar refractivity (Wildman–Crippen MR) is 73.3 cm³/mol. The van der Waals surface area contributed by atoms with E-state index in [1.54, 1.807) is 19.1 Å². The molecule has 1 aromatic carbocycles. The van der Waals surface area contributed by atoms with Gasteiger partial charge in [0.15, 0.2) is 11.6 Å². The van der Waals surface area contributed by atoms with Gasteiger partial charge in [-0.1, -0.05) is 36.4 Å². The molecule has 0 heterocycles. The normalized spacial score (nSPS) is 17.9. The zero-order valence-corrected chi connectivity index (χ0v) is 10.8. The number of hydrogen-bond acceptors (Lipinski definition) is 3. The lowest BCUT2D eigenvalue weighted by molar-refractivity contribution is -0.116. The molecule has 3 nitrogen and oxygen atoms in total. The average Bonchev–Trinajstić information content (AvgIpc) is 2.67. The van der Waals surface area contributed by atoms with Crippen molar-refractivity contribution in [1.29, 1.82) is 0 Å². The Bertz CT molecular complexity index is 604. The van der Waals surface area contributed by atoms with Crippen molar-refractivity contribution in [2.45, 2.75) is 6.92 Å². The van der Waals surface area contributed by atoms with Gasteiger partial charge in [-0.3, -0.25) is 9.59 Å². The Hall–Kier alpha value is -2.42. The van der Waals surface area contributed by atoms with Gasteiger partial charge in [-0.2, -0.15) is 0 Å². The number of carbonyl (C=O) groups is 2. The standard InChI is InChI=1S/C16H14O3/c1-11-10-13(17)15(16(11)18)14(19-2)9-8-12-6-4-3-5-7-12/h3-10H,1-2H3/b9-8+,15-14+. The topological polar surface area (TPSA) is 43.4 Å². The van der Waals surface area contributed by atoms with Gasteiger partial charge in [0.1, 0.15) is 11.3 Å². The van der Waals surface area contributed by atoms with Gasteiger partial charge in [-0.25, -0.2) is 0 Å². The van der Waals surface area contributed by atoms with Crippen LogP contribution in [0.15, 0.2) is 59.4 Å². The Labute approximate surface area is 111 Å². The Balaban J connectivity index is 2.34. The molecule has 96 valence electrons. The number of methoxy groups -OCH3 is 1. The second-order valence-corrected chi connectivity index (χ2v) is 4.21. The van der Waals surface area contributed by atoms with Crippen LogP contribution in [0.25, 0.3) is 6.08 Å². The zero-order chi connectivity index (χ0) is 13.8. The van der Waals surface area contributed by atoms with Crippen LogP contribution in [0.4, 0.5) is 0 Å². The molecular weight excluding hydrogens is 240 g/mol. The lowest BCUT2D eigenvalue weighted by atomic mass is 10.1. The minimum Gasteiger partial charge on any atom is -0.496 e. The fourth-order valence-corrected chi connectivity index (χ4v) is 1.87. The second kappa shape index (κ2) is 5.48. The average molecular weight is 254 g/mol. The summed E-state index contributed by atoms with van der Waals surface area (Å²) in [6.07, 6.45) is 4.79. The fourth-order valence-electron chi connectivity index (χ4n) is 1.87. The van der Waals surface area contributed by atoms with Crippen molar-refractivity contribution >= 4 is 17.6 Å². The summed E-state index contributed by atoms with van der Waals surface area (Å²) in [7, 11) is 1.45. The molecule has 3 heteroatoms. The molecule has 0 atom stereocenters. The molecule has 1 aliphatic carbocycles. The van der Waals surface area contributed by atoms with Gasteiger partial charge in [-0.15, -0.1) is 0 Å². The summed E-state index contributed by atoms with van der Waals surface area (Å²) in [6.45, 7) is 1.63. The van der Waals surface area contributed by atoms with E-state index in [0.717, 1.165) is 5.56 Å². The minimum absolute atomic E-state index is 0.104. The zero-order valence-electron chi connectivity index (χ0n) is 10.8. The van der Waals surface area contributed by atoms with E-state index >= 15 is 0 Å². The van der Waals surface area contributed by atoms with E-state index in [0.29, 0.717) is 11.3 Å². The molecule has 0 saturated carbocycles. The van der Waals surface area contributed by atoms with Crippen LogP contribution in [0, 0.1) is 0 Å². The number of carbonyl (C=O) groups excluding carboxylic acids is 2. The third-order valence-electron chi connectivity index (χ3n) is 2.87. The first kappa shape index (κ1) is 13.0. The van der Waals surface area contributed by atoms with E-state index in [-0.39, 0.29) is 17.1 Å². The maximum absolute atomic E-state index is 11.9. The lowest BCUT2D eigenvalue weighted by Gasteiger charge is -2.04. The maximum Gasteiger partial charge on any atom is 0.196 e. The molecule has 0 amide bonds. The molecule has 0 spiro atoms. The Kier molecular flexibility index (Phi) is 3.76. The van der Waals surface area contributed by atoms with E-state index in [9.17, 15) is 9.59 Å². The Morgan fingerprint density at radius 3 is 2.37 bits per heavy atom. The van der Waals surface area contributed by atoms with Crippen LogP contribution in [0.5, 0.6) is 0 Å². The molecule has 0 aliphatic heterocycles. The van der Waals surface area contributed by atoms with Crippen molar-refractivity contribution in [2.75, 3.05) is 7.11 Å². The van der Waals surface area contributed by atoms with Crippen LogP contribution in [-0.2, 0) is 14.3 Å². The van der Waals surface area contributed by atoms with E-state index in [1.807, 2.05) is 30.3 Å². The van der Waals surface area contributed by atoms with Crippen molar-refractivity contribution in [2.24, 2.45) is 0 Å². The number of ketones is 2. The second-order valence-electron chi connectivity index (χ2n) is 4.21. The first-order valence-corrected chi connectivity index (χ1v) is 5.92. The predicted octanol–water partition coefficient (Wildman–Crippen LogP) is 2.70. The summed E-state index contributed by atoms with van der Waals surface area (Å²) in [4.78, 5) is 23.6. The van der Waals surface area contributed by atoms with Crippen molar-refractivity contribution in [3.05, 3.63) is 65.0 Å². The number of ether oxygens (including phenoxy) is 1. The number of benzene rings is 1. The number of hydrogen-bond donors (Lipinski definition) is 0. The van der Waals surface area contributed by atoms with Crippen LogP contribution in [0.2, 0.25) is 0 Å². The van der Waals surface area contributed by atoms with Crippen molar-refractivity contribution in [1.82, 2.24) is 0 Å². The summed E-state index contributed by atoms with van der Waals surface area (Å²) in [5, 5.41) is 0. The molecule has 0 N–H and O–H groups in total. The van der Waals surface area contributed by atoms with E-state index < -0.39 is 0 Å². The highest BCUT2D eigenvalue weighted by atomic mass is 16.5. The van der Waals surface area contributed by atoms with Gasteiger partial charge in [-0.05, 0) is 24.6 Å². The molecule has 0 aromatic heterocycles. The quantitative estimate of drug-likeness (QED) is 0.473. The molecule has 1 aliphatic rings. The van der Waals surface area contributed by atoms with Crippen molar-refractivity contribution in [3.8, 4) is 0 Å². The number of rotatable bonds is 3. The van der Waals surface area contributed by atoms with E-state index in [4.69, 9.17) is 4.74 Å². The summed E-state index contributed by atoms with van der Waals surface area (Å²) in [6, 6.07) is 9.60. The third-order valence-corrected chi connectivity index (χ3v) is 2.87. The third kappa shape index (κ3) is 2.71. The fraction of sp³-hybridized carbons (Fsp3) is 0.125. The van der Waals surface area contributed by atoms with Crippen LogP contribution in [0.3, 0.4) is 0 Å². The highest BCUT2D eigenvalue weighted by Crippen LogP contribution is 2.22. The van der Waals surface area contributed by atoms with Crippen LogP contribution < -0.4 is 0 Å². The summed E-state index contributed by atoms with van der Waals surface area (Å²) >= 11 is 0. The molecule has 0 saturated heterocycles. The molecule has 19 heavy (non-hydrogen) atoms. The van der Waals surface area contributed by atoms with Gasteiger partial charge in [0.2, 0.25) is 0 Å². The lowest BCUT2D eigenvalue weighted by Crippen LogP contribution is -2.07. The largest absolute Gasteiger partial charge is 0.496 e. The molecule has 0 unspecified atom stereocenters. The summed E-state index contributed by atoms with van der Waals surface area (Å²) in [5.74, 6) is -0.261. The SMILES string of the molecule is COC(/C=C/c1ccccc1)=C1\C(=O)C=C(C)C1=O. The van der Waals surface area contributed by atoms with Crippen LogP contribution in [0.1, 0.15) is 12.5 Å².